The van der Waals surface area contributed by atoms with Crippen LogP contribution in [0.1, 0.15) is 37.2 Å². The molecule has 0 saturated heterocycles. The van der Waals surface area contributed by atoms with Gasteiger partial charge in [-0.1, -0.05) is 36.8 Å². The Hall–Kier alpha value is -0.860. The van der Waals surface area contributed by atoms with Gasteiger partial charge in [-0.2, -0.15) is 0 Å². The molecule has 0 bridgehead atoms. The fraction of sp³-hybridized carbons (Fsp3) is 0.600. The highest BCUT2D eigenvalue weighted by Gasteiger charge is 2.23. The van der Waals surface area contributed by atoms with Crippen LogP contribution in [0, 0.1) is 0 Å². The van der Waals surface area contributed by atoms with Crippen LogP contribution in [0.3, 0.4) is 0 Å². The maximum absolute atomic E-state index is 4.50. The quantitative estimate of drug-likeness (QED) is 0.852. The summed E-state index contributed by atoms with van der Waals surface area (Å²) in [5, 5.41) is 0. The average molecular weight is 234 g/mol. The summed E-state index contributed by atoms with van der Waals surface area (Å²) in [6.07, 6.45) is 5.45. The SMILES string of the molecule is CN.CN(C)C1CCCC(c2ccccc2)C1. The van der Waals surface area contributed by atoms with Gasteiger partial charge in [-0.15, -0.1) is 0 Å². The number of nitrogens with two attached hydrogens (primary N) is 1. The molecule has 0 heterocycles. The largest absolute Gasteiger partial charge is 0.333 e. The highest BCUT2D eigenvalue weighted by Crippen LogP contribution is 2.34. The first kappa shape index (κ1) is 14.2. The molecule has 0 aromatic heterocycles. The Morgan fingerprint density at radius 2 is 1.71 bits per heavy atom. The van der Waals surface area contributed by atoms with Crippen molar-refractivity contribution in [1.82, 2.24) is 4.90 Å². The predicted octanol–water partition coefficient (Wildman–Crippen LogP) is 2.85. The summed E-state index contributed by atoms with van der Waals surface area (Å²) in [6.45, 7) is 0. The normalized spacial score (nSPS) is 24.1. The molecule has 1 aliphatic carbocycles. The molecule has 1 fully saturated rings. The molecule has 17 heavy (non-hydrogen) atoms. The van der Waals surface area contributed by atoms with Crippen LogP contribution >= 0.6 is 0 Å². The molecule has 2 unspecified atom stereocenters. The van der Waals surface area contributed by atoms with Gasteiger partial charge in [0.2, 0.25) is 0 Å². The van der Waals surface area contributed by atoms with Crippen molar-refractivity contribution in [1.29, 1.82) is 0 Å². The predicted molar refractivity (Wildman–Crippen MR) is 75.2 cm³/mol. The lowest BCUT2D eigenvalue weighted by Crippen LogP contribution is -2.32. The van der Waals surface area contributed by atoms with Crippen molar-refractivity contribution in [3.8, 4) is 0 Å². The van der Waals surface area contributed by atoms with Crippen LogP contribution in [0.15, 0.2) is 30.3 Å². The topological polar surface area (TPSA) is 29.3 Å². The van der Waals surface area contributed by atoms with Gasteiger partial charge < -0.3 is 10.6 Å². The molecule has 2 N–H and O–H groups in total. The molecule has 1 aromatic carbocycles. The fourth-order valence-electron chi connectivity index (χ4n) is 2.66. The number of benzene rings is 1. The zero-order valence-corrected chi connectivity index (χ0v) is 11.4. The Balaban J connectivity index is 0.000000686. The molecule has 1 aliphatic rings. The number of hydrogen-bond acceptors (Lipinski definition) is 2. The molecule has 0 aliphatic heterocycles. The Morgan fingerprint density at radius 3 is 2.29 bits per heavy atom. The Labute approximate surface area is 106 Å². The Morgan fingerprint density at radius 1 is 1.06 bits per heavy atom. The molecule has 96 valence electrons. The highest BCUT2D eigenvalue weighted by molar-refractivity contribution is 5.20. The third-order valence-electron chi connectivity index (χ3n) is 3.65. The minimum Gasteiger partial charge on any atom is -0.333 e. The van der Waals surface area contributed by atoms with Crippen LogP contribution < -0.4 is 5.73 Å². The second-order valence-corrected chi connectivity index (χ2v) is 4.89. The molecule has 2 nitrogen and oxygen atoms in total. The van der Waals surface area contributed by atoms with Crippen molar-refractivity contribution >= 4 is 0 Å². The van der Waals surface area contributed by atoms with Crippen LogP contribution in [0.4, 0.5) is 0 Å². The maximum atomic E-state index is 4.50. The van der Waals surface area contributed by atoms with Crippen LogP contribution in [0.2, 0.25) is 0 Å². The lowest BCUT2D eigenvalue weighted by atomic mass is 9.81. The van der Waals surface area contributed by atoms with Gasteiger partial charge in [-0.3, -0.25) is 0 Å². The zero-order valence-electron chi connectivity index (χ0n) is 11.4. The maximum Gasteiger partial charge on any atom is 0.00949 e. The number of rotatable bonds is 2. The summed E-state index contributed by atoms with van der Waals surface area (Å²) in [5.41, 5.74) is 6.03. The monoisotopic (exact) mass is 234 g/mol. The minimum absolute atomic E-state index is 0.781. The standard InChI is InChI=1S/C14H21N.CH5N/c1-15(2)14-10-6-9-13(11-14)12-7-4-3-5-8-12;1-2/h3-5,7-8,13-14H,6,9-11H2,1-2H3;2H2,1H3. The molecular weight excluding hydrogens is 208 g/mol. The van der Waals surface area contributed by atoms with Gasteiger partial charge in [0.1, 0.15) is 0 Å². The first-order chi connectivity index (χ1) is 8.27. The second kappa shape index (κ2) is 7.46. The molecular formula is C15H26N2. The summed E-state index contributed by atoms with van der Waals surface area (Å²) in [4.78, 5) is 2.38. The number of hydrogen-bond donors (Lipinski definition) is 1. The third-order valence-corrected chi connectivity index (χ3v) is 3.65. The summed E-state index contributed by atoms with van der Waals surface area (Å²) < 4.78 is 0. The molecule has 2 heteroatoms. The molecule has 0 amide bonds. The van der Waals surface area contributed by atoms with Gasteiger partial charge in [0.15, 0.2) is 0 Å². The van der Waals surface area contributed by atoms with Crippen molar-refractivity contribution in [3.63, 3.8) is 0 Å². The lowest BCUT2D eigenvalue weighted by molar-refractivity contribution is 0.213. The first-order valence-electron chi connectivity index (χ1n) is 6.56. The van der Waals surface area contributed by atoms with E-state index in [1.165, 1.54) is 38.3 Å². The summed E-state index contributed by atoms with van der Waals surface area (Å²) in [6, 6.07) is 11.8. The van der Waals surface area contributed by atoms with Gasteiger partial charge >= 0.3 is 0 Å². The van der Waals surface area contributed by atoms with Gasteiger partial charge in [-0.25, -0.2) is 0 Å². The average Bonchev–Trinajstić information content (AvgIpc) is 2.42. The lowest BCUT2D eigenvalue weighted by Gasteiger charge is -2.33. The fourth-order valence-corrected chi connectivity index (χ4v) is 2.66. The van der Waals surface area contributed by atoms with Crippen molar-refractivity contribution in [3.05, 3.63) is 35.9 Å². The molecule has 2 rings (SSSR count). The van der Waals surface area contributed by atoms with Crippen molar-refractivity contribution < 1.29 is 0 Å². The molecule has 0 spiro atoms. The van der Waals surface area contributed by atoms with E-state index in [1.807, 2.05) is 0 Å². The van der Waals surface area contributed by atoms with Crippen molar-refractivity contribution in [2.45, 2.75) is 37.6 Å². The highest BCUT2D eigenvalue weighted by atomic mass is 15.1. The molecule has 2 atom stereocenters. The molecule has 1 saturated carbocycles. The van der Waals surface area contributed by atoms with Crippen LogP contribution in [0.5, 0.6) is 0 Å². The van der Waals surface area contributed by atoms with Crippen molar-refractivity contribution in [2.24, 2.45) is 5.73 Å². The van der Waals surface area contributed by atoms with E-state index in [0.717, 1.165) is 12.0 Å². The minimum atomic E-state index is 0.781. The van der Waals surface area contributed by atoms with E-state index in [4.69, 9.17) is 0 Å². The molecule has 1 aromatic rings. The van der Waals surface area contributed by atoms with E-state index >= 15 is 0 Å². The second-order valence-electron chi connectivity index (χ2n) is 4.89. The van der Waals surface area contributed by atoms with E-state index in [-0.39, 0.29) is 0 Å². The Kier molecular flexibility index (Phi) is 6.23. The van der Waals surface area contributed by atoms with Gasteiger partial charge in [0.25, 0.3) is 0 Å². The number of nitrogens with zero attached hydrogens (tertiary/aromatic N) is 1. The van der Waals surface area contributed by atoms with Crippen LogP contribution in [-0.2, 0) is 0 Å². The summed E-state index contributed by atoms with van der Waals surface area (Å²) in [5.74, 6) is 0.785. The van der Waals surface area contributed by atoms with E-state index in [1.54, 1.807) is 0 Å². The smallest absolute Gasteiger partial charge is 0.00949 e. The molecule has 0 radical (unpaired) electrons. The first-order valence-corrected chi connectivity index (χ1v) is 6.56. The van der Waals surface area contributed by atoms with Crippen LogP contribution in [-0.4, -0.2) is 32.1 Å². The van der Waals surface area contributed by atoms with E-state index in [9.17, 15) is 0 Å². The van der Waals surface area contributed by atoms with Crippen LogP contribution in [0.25, 0.3) is 0 Å². The summed E-state index contributed by atoms with van der Waals surface area (Å²) in [7, 11) is 5.91. The third kappa shape index (κ3) is 4.14. The van der Waals surface area contributed by atoms with E-state index < -0.39 is 0 Å². The van der Waals surface area contributed by atoms with Gasteiger partial charge in [0.05, 0.1) is 0 Å². The van der Waals surface area contributed by atoms with Crippen molar-refractivity contribution in [2.75, 3.05) is 21.1 Å². The van der Waals surface area contributed by atoms with Gasteiger partial charge in [0, 0.05) is 6.04 Å². The zero-order chi connectivity index (χ0) is 12.7. The van der Waals surface area contributed by atoms with Gasteiger partial charge in [-0.05, 0) is 51.9 Å². The van der Waals surface area contributed by atoms with E-state index in [0.29, 0.717) is 0 Å². The van der Waals surface area contributed by atoms with E-state index in [2.05, 4.69) is 55.1 Å². The Bertz CT molecular complexity index is 295. The summed E-state index contributed by atoms with van der Waals surface area (Å²) >= 11 is 0.